The summed E-state index contributed by atoms with van der Waals surface area (Å²) in [7, 11) is -2.79. The lowest BCUT2D eigenvalue weighted by Crippen LogP contribution is -2.51. The zero-order valence-corrected chi connectivity index (χ0v) is 23.9. The first kappa shape index (κ1) is 28.8. The van der Waals surface area contributed by atoms with Gasteiger partial charge in [-0.25, -0.2) is 17.7 Å². The minimum Gasteiger partial charge on any atom is -0.619 e. The van der Waals surface area contributed by atoms with E-state index in [-0.39, 0.29) is 17.1 Å². The Balaban J connectivity index is 1.45. The number of hydrogen-bond donors (Lipinski definition) is 0. The molecule has 1 fully saturated rings. The van der Waals surface area contributed by atoms with Crippen LogP contribution in [-0.2, 0) is 14.8 Å². The standard InChI is InChI=1S/C31H31N5O5S/c1-41-27-11-13-28(14-12-27)42(39,40)36(29-7-3-2-6-26(29)10-9-25-15-18-35(38)19-16-25)31(37)24-33-20-22-34(23-21-33)30-8-4-5-17-32-30/h2-19H,20-24H2,1H3/b10-9+. The molecule has 5 rings (SSSR count). The van der Waals surface area contributed by atoms with Gasteiger partial charge in [0.2, 0.25) is 0 Å². The van der Waals surface area contributed by atoms with Gasteiger partial charge in [0.25, 0.3) is 15.9 Å². The maximum absolute atomic E-state index is 14.1. The second-order valence-corrected chi connectivity index (χ2v) is 11.5. The Morgan fingerprint density at radius 2 is 1.64 bits per heavy atom. The molecule has 0 saturated carbocycles. The summed E-state index contributed by atoms with van der Waals surface area (Å²) < 4.78 is 34.9. The lowest BCUT2D eigenvalue weighted by molar-refractivity contribution is -0.605. The highest BCUT2D eigenvalue weighted by Gasteiger charge is 2.34. The predicted molar refractivity (Wildman–Crippen MR) is 161 cm³/mol. The van der Waals surface area contributed by atoms with E-state index in [0.717, 1.165) is 15.7 Å². The normalized spacial score (nSPS) is 14.2. The summed E-state index contributed by atoms with van der Waals surface area (Å²) in [6.45, 7) is 2.40. The molecule has 1 amide bonds. The van der Waals surface area contributed by atoms with E-state index in [0.29, 0.717) is 42.2 Å². The zero-order valence-electron chi connectivity index (χ0n) is 23.1. The van der Waals surface area contributed by atoms with E-state index in [1.165, 1.54) is 31.6 Å². The van der Waals surface area contributed by atoms with Crippen molar-refractivity contribution in [2.75, 3.05) is 49.0 Å². The number of methoxy groups -OCH3 is 1. The minimum atomic E-state index is -4.29. The molecule has 4 aromatic rings. The number of pyridine rings is 2. The van der Waals surface area contributed by atoms with Crippen LogP contribution in [0.3, 0.4) is 0 Å². The molecule has 0 radical (unpaired) electrons. The maximum atomic E-state index is 14.1. The van der Waals surface area contributed by atoms with Crippen LogP contribution < -0.4 is 18.7 Å². The monoisotopic (exact) mass is 585 g/mol. The summed E-state index contributed by atoms with van der Waals surface area (Å²) in [5.41, 5.74) is 1.51. The number of sulfonamides is 1. The van der Waals surface area contributed by atoms with Gasteiger partial charge in [0.15, 0.2) is 12.4 Å². The highest BCUT2D eigenvalue weighted by molar-refractivity contribution is 7.93. The van der Waals surface area contributed by atoms with E-state index >= 15 is 0 Å². The fraction of sp³-hybridized carbons (Fsp3) is 0.194. The summed E-state index contributed by atoms with van der Waals surface area (Å²) in [5.74, 6) is 0.810. The molecular formula is C31H31N5O5S. The van der Waals surface area contributed by atoms with Crippen LogP contribution in [0.15, 0.2) is 102 Å². The van der Waals surface area contributed by atoms with Gasteiger partial charge in [0.05, 0.1) is 24.2 Å². The molecule has 10 nitrogen and oxygen atoms in total. The topological polar surface area (TPSA) is 110 Å². The molecule has 0 unspecified atom stereocenters. The second kappa shape index (κ2) is 12.8. The number of hydrogen-bond acceptors (Lipinski definition) is 8. The molecule has 1 aliphatic rings. The fourth-order valence-electron chi connectivity index (χ4n) is 4.72. The van der Waals surface area contributed by atoms with Crippen molar-refractivity contribution >= 4 is 39.6 Å². The van der Waals surface area contributed by atoms with E-state index in [1.54, 1.807) is 66.9 Å². The Morgan fingerprint density at radius 3 is 2.31 bits per heavy atom. The molecule has 2 aromatic heterocycles. The van der Waals surface area contributed by atoms with Crippen molar-refractivity contribution in [1.82, 2.24) is 9.88 Å². The van der Waals surface area contributed by atoms with Gasteiger partial charge in [-0.1, -0.05) is 36.4 Å². The van der Waals surface area contributed by atoms with Gasteiger partial charge in [-0.3, -0.25) is 9.69 Å². The van der Waals surface area contributed by atoms with Gasteiger partial charge < -0.3 is 14.8 Å². The lowest BCUT2D eigenvalue weighted by atomic mass is 10.1. The number of aromatic nitrogens is 2. The number of ether oxygens (including phenoxy) is 1. The summed E-state index contributed by atoms with van der Waals surface area (Å²) in [4.78, 5) is 22.4. The number of amides is 1. The molecule has 11 heteroatoms. The van der Waals surface area contributed by atoms with Crippen LogP contribution in [0.2, 0.25) is 0 Å². The fourth-order valence-corrected chi connectivity index (χ4v) is 6.16. The average molecular weight is 586 g/mol. The van der Waals surface area contributed by atoms with E-state index in [4.69, 9.17) is 4.74 Å². The summed E-state index contributed by atoms with van der Waals surface area (Å²) in [6.07, 6.45) is 8.00. The van der Waals surface area contributed by atoms with Crippen molar-refractivity contribution in [3.05, 3.63) is 114 Å². The SMILES string of the molecule is COc1ccc(S(=O)(=O)N(C(=O)CN2CCN(c3ccccn3)CC2)c2ccccc2/C=C/c2cc[n+]([O-])cc2)cc1. The molecule has 0 spiro atoms. The molecule has 3 heterocycles. The zero-order chi connectivity index (χ0) is 29.5. The molecule has 1 saturated heterocycles. The quantitative estimate of drug-likeness (QED) is 0.217. The first-order valence-corrected chi connectivity index (χ1v) is 14.9. The first-order valence-electron chi connectivity index (χ1n) is 13.4. The molecule has 0 aliphatic carbocycles. The Morgan fingerprint density at radius 1 is 0.952 bits per heavy atom. The van der Waals surface area contributed by atoms with Crippen LogP contribution in [0.5, 0.6) is 5.75 Å². The smallest absolute Gasteiger partial charge is 0.270 e. The van der Waals surface area contributed by atoms with Gasteiger partial charge >= 0.3 is 0 Å². The number of nitrogens with zero attached hydrogens (tertiary/aromatic N) is 5. The van der Waals surface area contributed by atoms with Gasteiger partial charge in [-0.05, 0) is 53.6 Å². The second-order valence-electron chi connectivity index (χ2n) is 9.67. The number of para-hydroxylation sites is 1. The van der Waals surface area contributed by atoms with Crippen molar-refractivity contribution in [1.29, 1.82) is 0 Å². The lowest BCUT2D eigenvalue weighted by Gasteiger charge is -2.36. The van der Waals surface area contributed by atoms with Crippen LogP contribution in [0, 0.1) is 5.21 Å². The molecule has 1 aliphatic heterocycles. The van der Waals surface area contributed by atoms with Crippen molar-refractivity contribution in [3.8, 4) is 5.75 Å². The largest absolute Gasteiger partial charge is 0.619 e. The number of carbonyl (C=O) groups excluding carboxylic acids is 1. The molecule has 216 valence electrons. The Bertz CT molecular complexity index is 1640. The van der Waals surface area contributed by atoms with Crippen LogP contribution in [0.1, 0.15) is 11.1 Å². The van der Waals surface area contributed by atoms with Crippen LogP contribution in [0.4, 0.5) is 11.5 Å². The molecule has 0 bridgehead atoms. The van der Waals surface area contributed by atoms with Crippen molar-refractivity contribution in [2.24, 2.45) is 0 Å². The van der Waals surface area contributed by atoms with E-state index in [1.807, 2.05) is 23.1 Å². The highest BCUT2D eigenvalue weighted by Crippen LogP contribution is 2.30. The average Bonchev–Trinajstić information content (AvgIpc) is 3.02. The number of piperazine rings is 1. The number of rotatable bonds is 9. The van der Waals surface area contributed by atoms with Crippen LogP contribution >= 0.6 is 0 Å². The van der Waals surface area contributed by atoms with Crippen molar-refractivity contribution < 1.29 is 22.7 Å². The van der Waals surface area contributed by atoms with Gasteiger partial charge in [0.1, 0.15) is 11.6 Å². The maximum Gasteiger partial charge on any atom is 0.270 e. The highest BCUT2D eigenvalue weighted by atomic mass is 32.2. The summed E-state index contributed by atoms with van der Waals surface area (Å²) >= 11 is 0. The van der Waals surface area contributed by atoms with E-state index in [9.17, 15) is 18.4 Å². The Kier molecular flexibility index (Phi) is 8.80. The summed E-state index contributed by atoms with van der Waals surface area (Å²) in [5, 5.41) is 11.4. The molecule has 0 N–H and O–H groups in total. The Hall–Kier alpha value is -4.74. The molecule has 42 heavy (non-hydrogen) atoms. The van der Waals surface area contributed by atoms with Crippen LogP contribution in [0.25, 0.3) is 12.2 Å². The van der Waals surface area contributed by atoms with Crippen molar-refractivity contribution in [3.63, 3.8) is 0 Å². The Labute approximate surface area is 245 Å². The summed E-state index contributed by atoms with van der Waals surface area (Å²) in [6, 6.07) is 21.8. The van der Waals surface area contributed by atoms with E-state index < -0.39 is 15.9 Å². The van der Waals surface area contributed by atoms with Gasteiger partial charge in [-0.2, -0.15) is 4.73 Å². The molecular weight excluding hydrogens is 554 g/mol. The number of anilines is 2. The predicted octanol–water partition coefficient (Wildman–Crippen LogP) is 3.44. The number of benzene rings is 2. The first-order chi connectivity index (χ1) is 20.3. The van der Waals surface area contributed by atoms with Crippen molar-refractivity contribution in [2.45, 2.75) is 4.90 Å². The minimum absolute atomic E-state index is 0.0292. The van der Waals surface area contributed by atoms with E-state index in [2.05, 4.69) is 9.88 Å². The number of carbonyl (C=O) groups is 1. The third-order valence-electron chi connectivity index (χ3n) is 6.97. The van der Waals surface area contributed by atoms with Gasteiger partial charge in [0, 0.05) is 44.5 Å². The third kappa shape index (κ3) is 6.59. The third-order valence-corrected chi connectivity index (χ3v) is 8.72. The molecule has 0 atom stereocenters. The molecule has 2 aromatic carbocycles. The van der Waals surface area contributed by atoms with Crippen LogP contribution in [-0.4, -0.2) is 64.0 Å². The van der Waals surface area contributed by atoms with Gasteiger partial charge in [-0.15, -0.1) is 0 Å².